The van der Waals surface area contributed by atoms with Gasteiger partial charge in [-0.15, -0.1) is 0 Å². The molecular formula is C25H16F3N. The molecule has 0 unspecified atom stereocenters. The molecule has 0 fully saturated rings. The number of nitrogens with zero attached hydrogens (tertiary/aromatic N) is 1. The van der Waals surface area contributed by atoms with E-state index in [0.29, 0.717) is 16.5 Å². The van der Waals surface area contributed by atoms with Gasteiger partial charge in [0.2, 0.25) is 0 Å². The second-order valence-electron chi connectivity index (χ2n) is 6.84. The monoisotopic (exact) mass is 387 g/mol. The molecule has 142 valence electrons. The summed E-state index contributed by atoms with van der Waals surface area (Å²) < 4.78 is 44.6. The van der Waals surface area contributed by atoms with Gasteiger partial charge in [-0.1, -0.05) is 49.4 Å². The molecule has 4 aromatic carbocycles. The molecule has 0 bridgehead atoms. The summed E-state index contributed by atoms with van der Waals surface area (Å²) in [4.78, 5) is 0. The average molecular weight is 387 g/mol. The molecule has 4 rings (SSSR count). The Morgan fingerprint density at radius 3 is 2.10 bits per heavy atom. The highest BCUT2D eigenvalue weighted by atomic mass is 19.1. The first-order valence-electron chi connectivity index (χ1n) is 9.23. The van der Waals surface area contributed by atoms with Crippen molar-refractivity contribution in [3.8, 4) is 28.3 Å². The largest absolute Gasteiger partial charge is 0.206 e. The smallest absolute Gasteiger partial charge is 0.138 e. The van der Waals surface area contributed by atoms with Gasteiger partial charge in [0.15, 0.2) is 0 Å². The van der Waals surface area contributed by atoms with E-state index in [9.17, 15) is 8.78 Å². The van der Waals surface area contributed by atoms with Crippen LogP contribution in [0.2, 0.25) is 0 Å². The number of halogens is 3. The van der Waals surface area contributed by atoms with Crippen molar-refractivity contribution in [2.75, 3.05) is 0 Å². The van der Waals surface area contributed by atoms with Gasteiger partial charge in [-0.05, 0) is 52.8 Å². The van der Waals surface area contributed by atoms with Crippen LogP contribution in [0.1, 0.15) is 18.1 Å². The molecule has 0 spiro atoms. The lowest BCUT2D eigenvalue weighted by atomic mass is 9.95. The van der Waals surface area contributed by atoms with Crippen LogP contribution in [-0.4, -0.2) is 0 Å². The standard InChI is InChI=1S/C25H16F3N/c1-2-15-5-9-20-18(11-15)8-10-21(25(20)28)19-12-22(26)24(23(27)13-19)17-6-3-16(14-29)4-7-17/h3-13H,2H2,1H3. The number of aryl methyl sites for hydroxylation is 1. The van der Waals surface area contributed by atoms with Gasteiger partial charge < -0.3 is 0 Å². The molecule has 29 heavy (non-hydrogen) atoms. The highest BCUT2D eigenvalue weighted by Gasteiger charge is 2.17. The molecule has 0 N–H and O–H groups in total. The van der Waals surface area contributed by atoms with Gasteiger partial charge in [0, 0.05) is 10.9 Å². The summed E-state index contributed by atoms with van der Waals surface area (Å²) in [6.45, 7) is 2.02. The number of fused-ring (bicyclic) bond motifs is 1. The summed E-state index contributed by atoms with van der Waals surface area (Å²) >= 11 is 0. The highest BCUT2D eigenvalue weighted by molar-refractivity contribution is 5.89. The summed E-state index contributed by atoms with van der Waals surface area (Å²) in [5.41, 5.74) is 1.88. The fourth-order valence-corrected chi connectivity index (χ4v) is 3.50. The lowest BCUT2D eigenvalue weighted by Crippen LogP contribution is -1.95. The molecule has 0 aliphatic carbocycles. The zero-order valence-corrected chi connectivity index (χ0v) is 15.6. The van der Waals surface area contributed by atoms with Crippen molar-refractivity contribution >= 4 is 10.8 Å². The first-order chi connectivity index (χ1) is 14.0. The van der Waals surface area contributed by atoms with Crippen LogP contribution in [0.5, 0.6) is 0 Å². The average Bonchev–Trinajstić information content (AvgIpc) is 2.73. The van der Waals surface area contributed by atoms with Crippen molar-refractivity contribution in [2.24, 2.45) is 0 Å². The first kappa shape index (κ1) is 18.8. The Kier molecular flexibility index (Phi) is 4.82. The Labute approximate surface area is 166 Å². The van der Waals surface area contributed by atoms with E-state index in [-0.39, 0.29) is 16.7 Å². The first-order valence-corrected chi connectivity index (χ1v) is 9.23. The normalized spacial score (nSPS) is 10.9. The van der Waals surface area contributed by atoms with Gasteiger partial charge in [-0.3, -0.25) is 0 Å². The van der Waals surface area contributed by atoms with Crippen LogP contribution in [0.25, 0.3) is 33.0 Å². The van der Waals surface area contributed by atoms with E-state index < -0.39 is 17.5 Å². The molecule has 4 aromatic rings. The van der Waals surface area contributed by atoms with Crippen LogP contribution in [0.3, 0.4) is 0 Å². The lowest BCUT2D eigenvalue weighted by molar-refractivity contribution is 0.590. The third-order valence-corrected chi connectivity index (χ3v) is 5.08. The molecule has 0 saturated heterocycles. The Morgan fingerprint density at radius 2 is 1.48 bits per heavy atom. The zero-order valence-electron chi connectivity index (χ0n) is 15.6. The Bertz CT molecular complexity index is 1240. The Morgan fingerprint density at radius 1 is 0.793 bits per heavy atom. The summed E-state index contributed by atoms with van der Waals surface area (Å²) in [5, 5.41) is 10.0. The minimum Gasteiger partial charge on any atom is -0.206 e. The molecule has 4 heteroatoms. The number of nitriles is 1. The van der Waals surface area contributed by atoms with Crippen LogP contribution >= 0.6 is 0 Å². The van der Waals surface area contributed by atoms with E-state index in [1.807, 2.05) is 25.1 Å². The molecule has 0 heterocycles. The van der Waals surface area contributed by atoms with Crippen molar-refractivity contribution < 1.29 is 13.2 Å². The molecular weight excluding hydrogens is 371 g/mol. The highest BCUT2D eigenvalue weighted by Crippen LogP contribution is 2.34. The van der Waals surface area contributed by atoms with Crippen molar-refractivity contribution in [3.05, 3.63) is 95.3 Å². The molecule has 0 aliphatic rings. The maximum atomic E-state index is 15.1. The predicted molar refractivity (Wildman–Crippen MR) is 109 cm³/mol. The van der Waals surface area contributed by atoms with Crippen LogP contribution < -0.4 is 0 Å². The number of benzene rings is 4. The molecule has 0 atom stereocenters. The molecule has 0 aromatic heterocycles. The fraction of sp³-hybridized carbons (Fsp3) is 0.0800. The topological polar surface area (TPSA) is 23.8 Å². The van der Waals surface area contributed by atoms with Gasteiger partial charge in [0.05, 0.1) is 17.2 Å². The summed E-state index contributed by atoms with van der Waals surface area (Å²) in [6.07, 6.45) is 0.840. The quantitative estimate of drug-likeness (QED) is 0.370. The predicted octanol–water partition coefficient (Wildman–Crippen LogP) is 7.03. The number of hydrogen-bond donors (Lipinski definition) is 0. The fourth-order valence-electron chi connectivity index (χ4n) is 3.50. The SMILES string of the molecule is CCc1ccc2c(F)c(-c3cc(F)c(-c4ccc(C#N)cc4)c(F)c3)ccc2c1. The van der Waals surface area contributed by atoms with Crippen molar-refractivity contribution in [1.29, 1.82) is 5.26 Å². The van der Waals surface area contributed by atoms with Crippen LogP contribution in [0, 0.1) is 28.8 Å². The van der Waals surface area contributed by atoms with Gasteiger partial charge in [0.1, 0.15) is 17.5 Å². The van der Waals surface area contributed by atoms with E-state index in [2.05, 4.69) is 0 Å². The van der Waals surface area contributed by atoms with Crippen LogP contribution in [0.4, 0.5) is 13.2 Å². The van der Waals surface area contributed by atoms with E-state index in [1.165, 1.54) is 24.3 Å². The minimum atomic E-state index is -0.787. The maximum absolute atomic E-state index is 15.1. The zero-order chi connectivity index (χ0) is 20.5. The van der Waals surface area contributed by atoms with Crippen molar-refractivity contribution in [3.63, 3.8) is 0 Å². The van der Waals surface area contributed by atoms with Gasteiger partial charge in [-0.2, -0.15) is 5.26 Å². The van der Waals surface area contributed by atoms with Crippen LogP contribution in [-0.2, 0) is 6.42 Å². The maximum Gasteiger partial charge on any atom is 0.138 e. The molecule has 0 saturated carbocycles. The van der Waals surface area contributed by atoms with Gasteiger partial charge in [-0.25, -0.2) is 13.2 Å². The van der Waals surface area contributed by atoms with Gasteiger partial charge >= 0.3 is 0 Å². The Hall–Kier alpha value is -3.58. The molecule has 0 aliphatic heterocycles. The van der Waals surface area contributed by atoms with E-state index in [1.54, 1.807) is 18.2 Å². The van der Waals surface area contributed by atoms with Crippen molar-refractivity contribution in [2.45, 2.75) is 13.3 Å². The third kappa shape index (κ3) is 3.36. The lowest BCUT2D eigenvalue weighted by Gasteiger charge is -2.11. The second-order valence-corrected chi connectivity index (χ2v) is 6.84. The van der Waals surface area contributed by atoms with Crippen molar-refractivity contribution in [1.82, 2.24) is 0 Å². The summed E-state index contributed by atoms with van der Waals surface area (Å²) in [6, 6.07) is 19.0. The van der Waals surface area contributed by atoms with E-state index in [0.717, 1.165) is 29.5 Å². The molecule has 0 amide bonds. The summed E-state index contributed by atoms with van der Waals surface area (Å²) in [5.74, 6) is -2.08. The van der Waals surface area contributed by atoms with E-state index >= 15 is 4.39 Å². The second kappa shape index (κ2) is 7.44. The number of hydrogen-bond acceptors (Lipinski definition) is 1. The Balaban J connectivity index is 1.82. The summed E-state index contributed by atoms with van der Waals surface area (Å²) in [7, 11) is 0. The third-order valence-electron chi connectivity index (χ3n) is 5.08. The van der Waals surface area contributed by atoms with E-state index in [4.69, 9.17) is 5.26 Å². The van der Waals surface area contributed by atoms with Crippen LogP contribution in [0.15, 0.2) is 66.7 Å². The molecule has 0 radical (unpaired) electrons. The number of rotatable bonds is 3. The molecule has 1 nitrogen and oxygen atoms in total. The minimum absolute atomic E-state index is 0.136. The van der Waals surface area contributed by atoms with Gasteiger partial charge in [0.25, 0.3) is 0 Å².